The summed E-state index contributed by atoms with van der Waals surface area (Å²) in [4.78, 5) is 27.1. The van der Waals surface area contributed by atoms with Gasteiger partial charge in [0.2, 0.25) is 0 Å². The van der Waals surface area contributed by atoms with Crippen LogP contribution in [-0.2, 0) is 10.2 Å². The molecule has 1 aromatic carbocycles. The lowest BCUT2D eigenvalue weighted by atomic mass is 9.49. The van der Waals surface area contributed by atoms with Crippen LogP contribution in [0.25, 0.3) is 0 Å². The van der Waals surface area contributed by atoms with Crippen LogP contribution in [0.1, 0.15) is 50.7 Å². The van der Waals surface area contributed by atoms with Crippen LogP contribution in [-0.4, -0.2) is 59.3 Å². The highest BCUT2D eigenvalue weighted by molar-refractivity contribution is 6.07. The first-order valence-electron chi connectivity index (χ1n) is 10.5. The number of benzene rings is 1. The number of rotatable bonds is 3. The van der Waals surface area contributed by atoms with E-state index in [1.54, 1.807) is 7.11 Å². The van der Waals surface area contributed by atoms with Crippen LogP contribution in [0.4, 0.5) is 4.79 Å². The topological polar surface area (TPSA) is 90.9 Å². The molecule has 7 nitrogen and oxygen atoms in total. The Morgan fingerprint density at radius 3 is 2.66 bits per heavy atom. The molecule has 3 aliphatic rings. The summed E-state index contributed by atoms with van der Waals surface area (Å²) in [6.07, 6.45) is 1.95. The summed E-state index contributed by atoms with van der Waals surface area (Å²) in [6.45, 7) is 7.91. The highest BCUT2D eigenvalue weighted by atomic mass is 16.5. The molecule has 4 atom stereocenters. The molecule has 0 unspecified atom stereocenters. The number of aryl methyl sites for hydroxylation is 1. The van der Waals surface area contributed by atoms with Crippen LogP contribution in [0.5, 0.6) is 5.75 Å². The number of carbonyl (C=O) groups excluding carboxylic acids is 2. The minimum Gasteiger partial charge on any atom is -0.497 e. The number of likely N-dealkylation sites (tertiary alicyclic amines) is 1. The highest BCUT2D eigenvalue weighted by Gasteiger charge is 2.66. The zero-order chi connectivity index (χ0) is 21.0. The van der Waals surface area contributed by atoms with E-state index in [2.05, 4.69) is 29.4 Å². The van der Waals surface area contributed by atoms with Crippen molar-refractivity contribution in [1.29, 1.82) is 0 Å². The molecular weight excluding hydrogens is 370 g/mol. The number of piperidine rings is 1. The summed E-state index contributed by atoms with van der Waals surface area (Å²) >= 11 is 0. The van der Waals surface area contributed by atoms with Crippen molar-refractivity contribution in [3.05, 3.63) is 29.3 Å². The van der Waals surface area contributed by atoms with E-state index in [1.165, 1.54) is 0 Å². The van der Waals surface area contributed by atoms with Crippen LogP contribution in [0.2, 0.25) is 0 Å². The lowest BCUT2D eigenvalue weighted by molar-refractivity contribution is -0.169. The number of ether oxygens (including phenoxy) is 1. The highest BCUT2D eigenvalue weighted by Crippen LogP contribution is 2.57. The van der Waals surface area contributed by atoms with Crippen molar-refractivity contribution in [2.24, 2.45) is 0 Å². The summed E-state index contributed by atoms with van der Waals surface area (Å²) in [5.41, 5.74) is -0.591. The summed E-state index contributed by atoms with van der Waals surface area (Å²) in [7, 11) is 1.63. The van der Waals surface area contributed by atoms with E-state index in [4.69, 9.17) is 4.74 Å². The molecule has 158 valence electrons. The quantitative estimate of drug-likeness (QED) is 0.673. The van der Waals surface area contributed by atoms with Gasteiger partial charge >= 0.3 is 6.03 Å². The predicted octanol–water partition coefficient (Wildman–Crippen LogP) is 1.85. The average molecular weight is 402 g/mol. The number of fused-ring (bicyclic) bond motifs is 1. The van der Waals surface area contributed by atoms with Gasteiger partial charge in [0.25, 0.3) is 5.91 Å². The molecule has 0 radical (unpaired) electrons. The Kier molecular flexibility index (Phi) is 4.66. The molecule has 0 bridgehead atoms. The van der Waals surface area contributed by atoms with Crippen molar-refractivity contribution in [3.63, 3.8) is 0 Å². The van der Waals surface area contributed by atoms with E-state index >= 15 is 0 Å². The van der Waals surface area contributed by atoms with Crippen LogP contribution >= 0.6 is 0 Å². The van der Waals surface area contributed by atoms with E-state index in [-0.39, 0.29) is 11.9 Å². The molecule has 3 amide bonds. The van der Waals surface area contributed by atoms with Crippen molar-refractivity contribution >= 4 is 11.9 Å². The number of likely N-dealkylation sites (N-methyl/N-ethyl adjacent to an activating group) is 1. The number of amides is 3. The summed E-state index contributed by atoms with van der Waals surface area (Å²) in [6, 6.07) is 5.42. The van der Waals surface area contributed by atoms with Crippen LogP contribution < -0.4 is 15.4 Å². The van der Waals surface area contributed by atoms with Gasteiger partial charge in [-0.2, -0.15) is 0 Å². The summed E-state index contributed by atoms with van der Waals surface area (Å²) in [5, 5.41) is 17.5. The molecule has 1 spiro atoms. The van der Waals surface area contributed by atoms with Crippen molar-refractivity contribution in [3.8, 4) is 5.75 Å². The smallest absolute Gasteiger partial charge is 0.322 e. The molecule has 2 heterocycles. The number of hydrogen-bond acceptors (Lipinski definition) is 5. The lowest BCUT2D eigenvalue weighted by Crippen LogP contribution is -2.73. The monoisotopic (exact) mass is 401 g/mol. The zero-order valence-electron chi connectivity index (χ0n) is 17.7. The largest absolute Gasteiger partial charge is 0.497 e. The van der Waals surface area contributed by atoms with Gasteiger partial charge in [-0.05, 0) is 75.9 Å². The maximum Gasteiger partial charge on any atom is 0.322 e. The Hall–Kier alpha value is -2.12. The third kappa shape index (κ3) is 2.70. The number of methoxy groups -OCH3 is 1. The molecule has 29 heavy (non-hydrogen) atoms. The maximum absolute atomic E-state index is 12.8. The molecule has 7 heteroatoms. The average Bonchev–Trinajstić information content (AvgIpc) is 2.97. The van der Waals surface area contributed by atoms with Crippen LogP contribution in [0.15, 0.2) is 18.2 Å². The molecule has 4 rings (SSSR count). The summed E-state index contributed by atoms with van der Waals surface area (Å²) in [5.74, 6) is 0.447. The molecule has 3 N–H and O–H groups in total. The van der Waals surface area contributed by atoms with Gasteiger partial charge in [0, 0.05) is 11.5 Å². The number of nitrogens with zero attached hydrogens (tertiary/aromatic N) is 1. The van der Waals surface area contributed by atoms with Crippen molar-refractivity contribution in [2.75, 3.05) is 20.2 Å². The minimum absolute atomic E-state index is 0.0654. The number of carbonyl (C=O) groups is 2. The molecule has 1 aromatic rings. The SMILES string of the molecule is CCN1CC[C@]2(c3cc(OC)ccc3C)C[C@]3(CC[C@@]2(O)[C@H]1C)NC(=O)NC3=O. The maximum atomic E-state index is 12.8. The van der Waals surface area contributed by atoms with Crippen molar-refractivity contribution < 1.29 is 19.4 Å². The van der Waals surface area contributed by atoms with Gasteiger partial charge in [0.1, 0.15) is 11.3 Å². The van der Waals surface area contributed by atoms with E-state index in [0.29, 0.717) is 25.7 Å². The Balaban J connectivity index is 1.90. The van der Waals surface area contributed by atoms with Gasteiger partial charge in [0.05, 0.1) is 12.7 Å². The second-order valence-electron chi connectivity index (χ2n) is 8.91. The normalized spacial score (nSPS) is 37.2. The number of aliphatic hydroxyl groups is 1. The molecule has 1 saturated carbocycles. The molecular formula is C22H31N3O4. The standard InChI is InChI=1S/C22H31N3O4/c1-5-25-11-10-20(17-12-16(29-4)7-6-14(17)2)13-21(18(26)23-19(27)24-21)8-9-22(20,28)15(25)3/h6-7,12,15,28H,5,8-11,13H2,1-4H3,(H2,23,24,26,27)/t15-,20-,21+,22-/m1/s1. The third-order valence-corrected chi connectivity index (χ3v) is 7.81. The Bertz CT molecular complexity index is 858. The molecule has 2 saturated heterocycles. The molecule has 0 aromatic heterocycles. The zero-order valence-corrected chi connectivity index (χ0v) is 17.7. The van der Waals surface area contributed by atoms with E-state index in [1.807, 2.05) is 25.1 Å². The number of urea groups is 1. The third-order valence-electron chi connectivity index (χ3n) is 7.81. The van der Waals surface area contributed by atoms with Crippen LogP contribution in [0, 0.1) is 6.92 Å². The molecule has 1 aliphatic carbocycles. The fraction of sp³-hybridized carbons (Fsp3) is 0.636. The van der Waals surface area contributed by atoms with E-state index in [9.17, 15) is 14.7 Å². The van der Waals surface area contributed by atoms with Gasteiger partial charge in [-0.3, -0.25) is 15.0 Å². The molecule has 2 aliphatic heterocycles. The number of nitrogens with one attached hydrogen (secondary N) is 2. The summed E-state index contributed by atoms with van der Waals surface area (Å²) < 4.78 is 5.49. The Labute approximate surface area is 171 Å². The Morgan fingerprint density at radius 1 is 1.28 bits per heavy atom. The fourth-order valence-corrected chi connectivity index (χ4v) is 6.11. The lowest BCUT2D eigenvalue weighted by Gasteiger charge is -2.62. The van der Waals surface area contributed by atoms with Crippen LogP contribution in [0.3, 0.4) is 0 Å². The van der Waals surface area contributed by atoms with Gasteiger partial charge in [-0.15, -0.1) is 0 Å². The second-order valence-corrected chi connectivity index (χ2v) is 8.91. The number of imide groups is 1. The van der Waals surface area contributed by atoms with E-state index in [0.717, 1.165) is 30.0 Å². The van der Waals surface area contributed by atoms with Gasteiger partial charge in [-0.1, -0.05) is 13.0 Å². The first-order valence-corrected chi connectivity index (χ1v) is 10.5. The molecule has 3 fully saturated rings. The van der Waals surface area contributed by atoms with Gasteiger partial charge in [0.15, 0.2) is 0 Å². The first-order chi connectivity index (χ1) is 13.7. The fourth-order valence-electron chi connectivity index (χ4n) is 6.11. The number of hydrogen-bond donors (Lipinski definition) is 3. The minimum atomic E-state index is -1.02. The van der Waals surface area contributed by atoms with Crippen molar-refractivity contribution in [2.45, 2.75) is 69.1 Å². The van der Waals surface area contributed by atoms with Gasteiger partial charge < -0.3 is 15.2 Å². The van der Waals surface area contributed by atoms with Gasteiger partial charge in [-0.25, -0.2) is 4.79 Å². The first kappa shape index (κ1) is 20.2. The predicted molar refractivity (Wildman–Crippen MR) is 109 cm³/mol. The van der Waals surface area contributed by atoms with E-state index < -0.39 is 22.6 Å². The second kappa shape index (κ2) is 6.71. The van der Waals surface area contributed by atoms with Crippen molar-refractivity contribution in [1.82, 2.24) is 15.5 Å². The Morgan fingerprint density at radius 2 is 2.03 bits per heavy atom.